The molecule has 0 aromatic heterocycles. The first-order valence-electron chi connectivity index (χ1n) is 6.33. The number of nitrogens with zero attached hydrogens (tertiary/aromatic N) is 1. The molecule has 1 aliphatic rings. The quantitative estimate of drug-likeness (QED) is 0.827. The first kappa shape index (κ1) is 14.0. The van der Waals surface area contributed by atoms with Gasteiger partial charge in [0.15, 0.2) is 0 Å². The van der Waals surface area contributed by atoms with Crippen LogP contribution >= 0.6 is 0 Å². The summed E-state index contributed by atoms with van der Waals surface area (Å²) in [7, 11) is 1.30. The monoisotopic (exact) mass is 265 g/mol. The van der Waals surface area contributed by atoms with Crippen LogP contribution in [-0.4, -0.2) is 41.5 Å². The molecule has 19 heavy (non-hydrogen) atoms. The lowest BCUT2D eigenvalue weighted by Gasteiger charge is -2.28. The maximum atomic E-state index is 11.8. The van der Waals surface area contributed by atoms with Crippen molar-refractivity contribution in [1.82, 2.24) is 5.06 Å². The summed E-state index contributed by atoms with van der Waals surface area (Å²) in [6, 6.07) is 9.83. The van der Waals surface area contributed by atoms with Crippen molar-refractivity contribution in [2.45, 2.75) is 31.6 Å². The largest absolute Gasteiger partial charge is 0.467 e. The number of esters is 1. The van der Waals surface area contributed by atoms with E-state index in [4.69, 9.17) is 9.57 Å². The van der Waals surface area contributed by atoms with Crippen molar-refractivity contribution in [3.05, 3.63) is 35.9 Å². The molecule has 104 valence electrons. The van der Waals surface area contributed by atoms with E-state index in [0.717, 1.165) is 5.56 Å². The number of carbonyl (C=O) groups excluding carboxylic acids is 1. The van der Waals surface area contributed by atoms with Gasteiger partial charge < -0.3 is 9.84 Å². The van der Waals surface area contributed by atoms with Crippen molar-refractivity contribution < 1.29 is 19.5 Å². The van der Waals surface area contributed by atoms with Gasteiger partial charge in [0.1, 0.15) is 0 Å². The molecule has 1 aromatic rings. The number of carbonyl (C=O) groups is 1. The van der Waals surface area contributed by atoms with E-state index in [9.17, 15) is 9.90 Å². The van der Waals surface area contributed by atoms with Crippen molar-refractivity contribution in [3.63, 3.8) is 0 Å². The van der Waals surface area contributed by atoms with Crippen molar-refractivity contribution in [2.75, 3.05) is 13.7 Å². The van der Waals surface area contributed by atoms with Crippen LogP contribution in [0.5, 0.6) is 0 Å². The fraction of sp³-hybridized carbons (Fsp3) is 0.500. The predicted molar refractivity (Wildman–Crippen MR) is 69.0 cm³/mol. The Balaban J connectivity index is 2.07. The molecular weight excluding hydrogens is 246 g/mol. The molecule has 0 bridgehead atoms. The number of benzene rings is 1. The molecule has 1 N–H and O–H groups in total. The molecule has 1 fully saturated rings. The first-order valence-corrected chi connectivity index (χ1v) is 6.33. The Kier molecular flexibility index (Phi) is 4.19. The van der Waals surface area contributed by atoms with Gasteiger partial charge >= 0.3 is 5.97 Å². The smallest absolute Gasteiger partial charge is 0.343 e. The molecule has 0 amide bonds. The van der Waals surface area contributed by atoms with Gasteiger partial charge in [-0.15, -0.1) is 0 Å². The Morgan fingerprint density at radius 3 is 2.79 bits per heavy atom. The van der Waals surface area contributed by atoms with Gasteiger partial charge in [-0.25, -0.2) is 4.79 Å². The van der Waals surface area contributed by atoms with E-state index in [-0.39, 0.29) is 0 Å². The Morgan fingerprint density at radius 1 is 1.53 bits per heavy atom. The molecule has 1 aliphatic heterocycles. The molecule has 0 spiro atoms. The molecule has 5 nitrogen and oxygen atoms in total. The lowest BCUT2D eigenvalue weighted by molar-refractivity contribution is -0.236. The molecule has 0 aliphatic carbocycles. The lowest BCUT2D eigenvalue weighted by Crippen LogP contribution is -2.49. The normalized spacial score (nSPS) is 25.2. The first-order chi connectivity index (χ1) is 9.08. The van der Waals surface area contributed by atoms with Gasteiger partial charge in [-0.1, -0.05) is 30.3 Å². The Labute approximate surface area is 112 Å². The second kappa shape index (κ2) is 5.69. The Morgan fingerprint density at radius 2 is 2.21 bits per heavy atom. The second-order valence-corrected chi connectivity index (χ2v) is 4.75. The van der Waals surface area contributed by atoms with Crippen LogP contribution in [0.1, 0.15) is 18.9 Å². The minimum absolute atomic E-state index is 0.421. The van der Waals surface area contributed by atoms with Crippen LogP contribution in [-0.2, 0) is 20.9 Å². The highest BCUT2D eigenvalue weighted by Crippen LogP contribution is 2.31. The molecule has 0 unspecified atom stereocenters. The van der Waals surface area contributed by atoms with Crippen LogP contribution in [0.15, 0.2) is 30.3 Å². The third-order valence-electron chi connectivity index (χ3n) is 3.43. The van der Waals surface area contributed by atoms with E-state index in [1.807, 2.05) is 30.3 Å². The molecule has 0 saturated carbocycles. The summed E-state index contributed by atoms with van der Waals surface area (Å²) < 4.78 is 4.75. The zero-order valence-corrected chi connectivity index (χ0v) is 11.2. The van der Waals surface area contributed by atoms with E-state index in [1.165, 1.54) is 7.11 Å². The Hall–Kier alpha value is -1.43. The minimum Gasteiger partial charge on any atom is -0.467 e. The fourth-order valence-corrected chi connectivity index (χ4v) is 2.28. The molecule has 1 heterocycles. The topological polar surface area (TPSA) is 59.0 Å². The molecule has 2 rings (SSSR count). The van der Waals surface area contributed by atoms with Crippen LogP contribution in [0.25, 0.3) is 0 Å². The van der Waals surface area contributed by atoms with Gasteiger partial charge in [0.2, 0.25) is 5.60 Å². The van der Waals surface area contributed by atoms with E-state index in [1.54, 1.807) is 12.0 Å². The average molecular weight is 265 g/mol. The fourth-order valence-electron chi connectivity index (χ4n) is 2.28. The zero-order chi connectivity index (χ0) is 13.9. The standard InChI is InChI=1S/C14H19NO4/c1-11(16)14(13(17)18-2)8-9-15(19-14)10-12-6-4-3-5-7-12/h3-7,11,16H,8-10H2,1-2H3/t11-,14-/m1/s1. The summed E-state index contributed by atoms with van der Waals surface area (Å²) in [6.07, 6.45) is -0.495. The summed E-state index contributed by atoms with van der Waals surface area (Å²) in [5.41, 5.74) is -0.183. The third kappa shape index (κ3) is 2.78. The van der Waals surface area contributed by atoms with E-state index < -0.39 is 17.7 Å². The molecule has 1 aromatic carbocycles. The summed E-state index contributed by atoms with van der Waals surface area (Å²) in [5, 5.41) is 11.5. The highest BCUT2D eigenvalue weighted by molar-refractivity contribution is 5.80. The molecule has 1 saturated heterocycles. The number of aliphatic hydroxyl groups is 1. The number of aliphatic hydroxyl groups excluding tert-OH is 1. The second-order valence-electron chi connectivity index (χ2n) is 4.75. The lowest BCUT2D eigenvalue weighted by atomic mass is 9.95. The van der Waals surface area contributed by atoms with Crippen molar-refractivity contribution in [1.29, 1.82) is 0 Å². The van der Waals surface area contributed by atoms with Gasteiger partial charge in [-0.3, -0.25) is 4.84 Å². The summed E-state index contributed by atoms with van der Waals surface area (Å²) >= 11 is 0. The third-order valence-corrected chi connectivity index (χ3v) is 3.43. The van der Waals surface area contributed by atoms with E-state index in [2.05, 4.69) is 0 Å². The van der Waals surface area contributed by atoms with Crippen molar-refractivity contribution in [3.8, 4) is 0 Å². The Bertz CT molecular complexity index is 434. The molecular formula is C14H19NO4. The van der Waals surface area contributed by atoms with Gasteiger partial charge in [0, 0.05) is 19.5 Å². The molecule has 5 heteroatoms. The maximum absolute atomic E-state index is 11.8. The highest BCUT2D eigenvalue weighted by Gasteiger charge is 2.51. The predicted octanol–water partition coefficient (Wildman–Crippen LogP) is 1.12. The molecule has 2 atom stereocenters. The van der Waals surface area contributed by atoms with E-state index >= 15 is 0 Å². The number of rotatable bonds is 4. The van der Waals surface area contributed by atoms with Gasteiger partial charge in [-0.05, 0) is 12.5 Å². The van der Waals surface area contributed by atoms with Crippen molar-refractivity contribution in [2.24, 2.45) is 0 Å². The SMILES string of the molecule is COC(=O)[C@]1([C@@H](C)O)CCN(Cc2ccccc2)O1. The van der Waals surface area contributed by atoms with Gasteiger partial charge in [0.25, 0.3) is 0 Å². The summed E-state index contributed by atoms with van der Waals surface area (Å²) in [6.45, 7) is 2.70. The highest BCUT2D eigenvalue weighted by atomic mass is 16.7. The van der Waals surface area contributed by atoms with Crippen LogP contribution in [0.4, 0.5) is 0 Å². The summed E-state index contributed by atoms with van der Waals surface area (Å²) in [5.74, 6) is -0.530. The van der Waals surface area contributed by atoms with E-state index in [0.29, 0.717) is 19.5 Å². The van der Waals surface area contributed by atoms with Crippen LogP contribution < -0.4 is 0 Å². The average Bonchev–Trinajstić information content (AvgIpc) is 2.84. The van der Waals surface area contributed by atoms with Crippen LogP contribution in [0.2, 0.25) is 0 Å². The van der Waals surface area contributed by atoms with Crippen LogP contribution in [0, 0.1) is 0 Å². The maximum Gasteiger partial charge on any atom is 0.343 e. The minimum atomic E-state index is -1.27. The van der Waals surface area contributed by atoms with Crippen molar-refractivity contribution >= 4 is 5.97 Å². The number of hydroxylamine groups is 2. The number of methoxy groups -OCH3 is 1. The van der Waals surface area contributed by atoms with Gasteiger partial charge in [-0.2, -0.15) is 5.06 Å². The van der Waals surface area contributed by atoms with Crippen LogP contribution in [0.3, 0.4) is 0 Å². The number of ether oxygens (including phenoxy) is 1. The number of hydrogen-bond donors (Lipinski definition) is 1. The molecule has 0 radical (unpaired) electrons. The number of hydrogen-bond acceptors (Lipinski definition) is 5. The van der Waals surface area contributed by atoms with Gasteiger partial charge in [0.05, 0.1) is 13.2 Å². The zero-order valence-electron chi connectivity index (χ0n) is 11.2. The summed E-state index contributed by atoms with van der Waals surface area (Å²) in [4.78, 5) is 17.5.